The topological polar surface area (TPSA) is 28.7 Å². The van der Waals surface area contributed by atoms with Gasteiger partial charge in [0, 0.05) is 14.5 Å². The van der Waals surface area contributed by atoms with Crippen LogP contribution in [0.25, 0.3) is 22.2 Å². The van der Waals surface area contributed by atoms with Gasteiger partial charge in [0.2, 0.25) is 0 Å². The summed E-state index contributed by atoms with van der Waals surface area (Å²) >= 11 is 2.27. The molecule has 0 atom stereocenters. The van der Waals surface area contributed by atoms with Crippen molar-refractivity contribution in [3.05, 3.63) is 51.9 Å². The van der Waals surface area contributed by atoms with Gasteiger partial charge in [0.1, 0.15) is 5.82 Å². The molecule has 3 rings (SSSR count). The zero-order valence-electron chi connectivity index (χ0n) is 8.74. The third kappa shape index (κ3) is 1.93. The molecule has 17 heavy (non-hydrogen) atoms. The summed E-state index contributed by atoms with van der Waals surface area (Å²) in [6.07, 6.45) is 0. The second kappa shape index (κ2) is 4.10. The summed E-state index contributed by atoms with van der Waals surface area (Å²) in [5.74, 6) is -0.233. The van der Waals surface area contributed by atoms with Crippen LogP contribution in [0.2, 0.25) is 0 Å². The number of benzene rings is 2. The second-order valence-electron chi connectivity index (χ2n) is 3.77. The first kappa shape index (κ1) is 10.7. The fourth-order valence-corrected chi connectivity index (χ4v) is 2.31. The van der Waals surface area contributed by atoms with Gasteiger partial charge in [-0.25, -0.2) is 4.39 Å². The van der Waals surface area contributed by atoms with Gasteiger partial charge in [-0.3, -0.25) is 5.10 Å². The SMILES string of the molecule is Fc1ccc(-c2n[nH]c3ccc(I)cc23)cc1. The van der Waals surface area contributed by atoms with E-state index >= 15 is 0 Å². The van der Waals surface area contributed by atoms with Crippen molar-refractivity contribution in [3.8, 4) is 11.3 Å². The molecule has 3 aromatic rings. The molecule has 1 N–H and O–H groups in total. The lowest BCUT2D eigenvalue weighted by molar-refractivity contribution is 0.628. The van der Waals surface area contributed by atoms with Crippen LogP contribution in [-0.2, 0) is 0 Å². The van der Waals surface area contributed by atoms with Crippen LogP contribution < -0.4 is 0 Å². The molecule has 0 spiro atoms. The van der Waals surface area contributed by atoms with E-state index in [4.69, 9.17) is 0 Å². The lowest BCUT2D eigenvalue weighted by atomic mass is 10.1. The van der Waals surface area contributed by atoms with Crippen LogP contribution in [0, 0.1) is 9.39 Å². The first-order valence-corrected chi connectivity index (χ1v) is 6.21. The van der Waals surface area contributed by atoms with Gasteiger partial charge < -0.3 is 0 Å². The van der Waals surface area contributed by atoms with Crippen LogP contribution in [0.1, 0.15) is 0 Å². The van der Waals surface area contributed by atoms with Crippen molar-refractivity contribution in [2.24, 2.45) is 0 Å². The van der Waals surface area contributed by atoms with Crippen LogP contribution >= 0.6 is 22.6 Å². The van der Waals surface area contributed by atoms with E-state index in [9.17, 15) is 4.39 Å². The second-order valence-corrected chi connectivity index (χ2v) is 5.01. The number of aromatic nitrogens is 2. The Labute approximate surface area is 111 Å². The molecule has 0 radical (unpaired) electrons. The number of nitrogens with zero attached hydrogens (tertiary/aromatic N) is 1. The molecule has 0 saturated carbocycles. The molecule has 2 nitrogen and oxygen atoms in total. The maximum absolute atomic E-state index is 12.9. The van der Waals surface area contributed by atoms with Crippen molar-refractivity contribution in [2.45, 2.75) is 0 Å². The molecule has 0 aliphatic heterocycles. The predicted octanol–water partition coefficient (Wildman–Crippen LogP) is 3.97. The molecule has 0 aliphatic rings. The molecule has 1 aromatic heterocycles. The summed E-state index contributed by atoms with van der Waals surface area (Å²) in [5, 5.41) is 8.33. The first-order valence-electron chi connectivity index (χ1n) is 5.13. The molecule has 0 amide bonds. The Hall–Kier alpha value is -1.43. The van der Waals surface area contributed by atoms with Crippen molar-refractivity contribution in [1.82, 2.24) is 10.2 Å². The number of hydrogen-bond acceptors (Lipinski definition) is 1. The number of H-pyrrole nitrogens is 1. The van der Waals surface area contributed by atoms with Gasteiger partial charge >= 0.3 is 0 Å². The Morgan fingerprint density at radius 2 is 1.82 bits per heavy atom. The van der Waals surface area contributed by atoms with E-state index in [2.05, 4.69) is 38.9 Å². The summed E-state index contributed by atoms with van der Waals surface area (Å²) < 4.78 is 14.0. The molecule has 0 saturated heterocycles. The zero-order chi connectivity index (χ0) is 11.8. The van der Waals surface area contributed by atoms with Crippen molar-refractivity contribution in [2.75, 3.05) is 0 Å². The Morgan fingerprint density at radius 3 is 2.59 bits per heavy atom. The van der Waals surface area contributed by atoms with E-state index in [-0.39, 0.29) is 5.82 Å². The average Bonchev–Trinajstić information content (AvgIpc) is 2.73. The third-order valence-electron chi connectivity index (χ3n) is 2.64. The van der Waals surface area contributed by atoms with Crippen LogP contribution in [-0.4, -0.2) is 10.2 Å². The average molecular weight is 338 g/mol. The van der Waals surface area contributed by atoms with Crippen molar-refractivity contribution < 1.29 is 4.39 Å². The summed E-state index contributed by atoms with van der Waals surface area (Å²) in [6.45, 7) is 0. The molecular formula is C13H8FIN2. The van der Waals surface area contributed by atoms with Crippen LogP contribution in [0.5, 0.6) is 0 Å². The molecule has 0 bridgehead atoms. The lowest BCUT2D eigenvalue weighted by Gasteiger charge is -1.98. The van der Waals surface area contributed by atoms with E-state index in [0.717, 1.165) is 25.7 Å². The number of nitrogens with one attached hydrogen (secondary N) is 1. The highest BCUT2D eigenvalue weighted by Gasteiger charge is 2.08. The number of hydrogen-bond donors (Lipinski definition) is 1. The minimum atomic E-state index is -0.233. The molecule has 0 aliphatic carbocycles. The van der Waals surface area contributed by atoms with Crippen molar-refractivity contribution in [3.63, 3.8) is 0 Å². The maximum Gasteiger partial charge on any atom is 0.123 e. The van der Waals surface area contributed by atoms with Gasteiger partial charge in [-0.2, -0.15) is 5.10 Å². The van der Waals surface area contributed by atoms with Crippen LogP contribution in [0.4, 0.5) is 4.39 Å². The van der Waals surface area contributed by atoms with Gasteiger partial charge in [-0.05, 0) is 65.1 Å². The molecule has 0 fully saturated rings. The van der Waals surface area contributed by atoms with Crippen molar-refractivity contribution in [1.29, 1.82) is 0 Å². The van der Waals surface area contributed by atoms with E-state index in [1.807, 2.05) is 12.1 Å². The maximum atomic E-state index is 12.9. The number of fused-ring (bicyclic) bond motifs is 1. The smallest absolute Gasteiger partial charge is 0.123 e. The first-order chi connectivity index (χ1) is 8.24. The lowest BCUT2D eigenvalue weighted by Crippen LogP contribution is -1.80. The van der Waals surface area contributed by atoms with E-state index in [1.165, 1.54) is 12.1 Å². The fourth-order valence-electron chi connectivity index (χ4n) is 1.81. The molecule has 0 unspecified atom stereocenters. The van der Waals surface area contributed by atoms with E-state index < -0.39 is 0 Å². The van der Waals surface area contributed by atoms with Gasteiger partial charge in [0.15, 0.2) is 0 Å². The number of rotatable bonds is 1. The van der Waals surface area contributed by atoms with Gasteiger partial charge in [0.05, 0.1) is 11.2 Å². The molecule has 4 heteroatoms. The highest BCUT2D eigenvalue weighted by Crippen LogP contribution is 2.27. The quantitative estimate of drug-likeness (QED) is 0.668. The third-order valence-corrected chi connectivity index (χ3v) is 3.31. The highest BCUT2D eigenvalue weighted by molar-refractivity contribution is 14.1. The normalized spacial score (nSPS) is 10.9. The summed E-state index contributed by atoms with van der Waals surface area (Å²) in [7, 11) is 0. The zero-order valence-corrected chi connectivity index (χ0v) is 10.9. The van der Waals surface area contributed by atoms with Gasteiger partial charge in [-0.1, -0.05) is 0 Å². The Morgan fingerprint density at radius 1 is 1.06 bits per heavy atom. The van der Waals surface area contributed by atoms with Gasteiger partial charge in [-0.15, -0.1) is 0 Å². The molecule has 1 heterocycles. The number of aromatic amines is 1. The summed E-state index contributed by atoms with van der Waals surface area (Å²) in [5.41, 5.74) is 2.77. The fraction of sp³-hybridized carbons (Fsp3) is 0. The summed E-state index contributed by atoms with van der Waals surface area (Å²) in [4.78, 5) is 0. The van der Waals surface area contributed by atoms with Crippen LogP contribution in [0.3, 0.4) is 0 Å². The van der Waals surface area contributed by atoms with E-state index in [0.29, 0.717) is 0 Å². The standard InChI is InChI=1S/C13H8FIN2/c14-9-3-1-8(2-4-9)13-11-7-10(15)5-6-12(11)16-17-13/h1-7H,(H,16,17). The molecule has 84 valence electrons. The monoisotopic (exact) mass is 338 g/mol. The highest BCUT2D eigenvalue weighted by atomic mass is 127. The largest absolute Gasteiger partial charge is 0.277 e. The Balaban J connectivity index is 2.23. The molecule has 2 aromatic carbocycles. The Kier molecular flexibility index (Phi) is 2.58. The summed E-state index contributed by atoms with van der Waals surface area (Å²) in [6, 6.07) is 12.5. The minimum absolute atomic E-state index is 0.233. The van der Waals surface area contributed by atoms with Crippen LogP contribution in [0.15, 0.2) is 42.5 Å². The minimum Gasteiger partial charge on any atom is -0.277 e. The van der Waals surface area contributed by atoms with E-state index in [1.54, 1.807) is 12.1 Å². The van der Waals surface area contributed by atoms with Crippen molar-refractivity contribution >= 4 is 33.5 Å². The van der Waals surface area contributed by atoms with Gasteiger partial charge in [0.25, 0.3) is 0 Å². The predicted molar refractivity (Wildman–Crippen MR) is 74.2 cm³/mol. The molecular weight excluding hydrogens is 330 g/mol. The number of halogens is 2. The Bertz CT molecular complexity index is 673.